The first kappa shape index (κ1) is 10.7. The smallest absolute Gasteiger partial charge is 0.0954 e. The Morgan fingerprint density at radius 3 is 2.50 bits per heavy atom. The van der Waals surface area contributed by atoms with Crippen molar-refractivity contribution < 1.29 is 0 Å². The third-order valence-corrected chi connectivity index (χ3v) is 2.31. The Hall–Kier alpha value is -1.33. The summed E-state index contributed by atoms with van der Waals surface area (Å²) in [5, 5.41) is 12.1. The Bertz CT molecular complexity index is 300. The Balaban J connectivity index is 2.59. The van der Waals surface area contributed by atoms with Crippen molar-refractivity contribution in [3.8, 4) is 6.07 Å². The zero-order chi connectivity index (χ0) is 10.4. The highest BCUT2D eigenvalue weighted by Gasteiger charge is 2.09. The molecule has 2 atom stereocenters. The van der Waals surface area contributed by atoms with Gasteiger partial charge < -0.3 is 0 Å². The lowest BCUT2D eigenvalue weighted by molar-refractivity contribution is 0.508. The van der Waals surface area contributed by atoms with Crippen molar-refractivity contribution >= 4 is 0 Å². The summed E-state index contributed by atoms with van der Waals surface area (Å²) in [7, 11) is 0. The molecule has 0 aliphatic carbocycles. The SMILES string of the molecule is CCC(C#N)N[C@@H](C)c1ccccc1. The Morgan fingerprint density at radius 2 is 2.00 bits per heavy atom. The van der Waals surface area contributed by atoms with E-state index in [1.54, 1.807) is 0 Å². The molecule has 1 aromatic rings. The van der Waals surface area contributed by atoms with Crippen molar-refractivity contribution in [2.24, 2.45) is 0 Å². The average molecular weight is 188 g/mol. The van der Waals surface area contributed by atoms with Crippen molar-refractivity contribution in [3.63, 3.8) is 0 Å². The van der Waals surface area contributed by atoms with Crippen LogP contribution in [-0.2, 0) is 0 Å². The maximum absolute atomic E-state index is 8.81. The molecule has 0 aliphatic rings. The molecule has 0 amide bonds. The predicted molar refractivity (Wildman–Crippen MR) is 57.7 cm³/mol. The van der Waals surface area contributed by atoms with E-state index in [9.17, 15) is 0 Å². The van der Waals surface area contributed by atoms with Gasteiger partial charge in [-0.15, -0.1) is 0 Å². The molecular weight excluding hydrogens is 172 g/mol. The van der Waals surface area contributed by atoms with Crippen LogP contribution in [0.3, 0.4) is 0 Å². The molecule has 0 bridgehead atoms. The summed E-state index contributed by atoms with van der Waals surface area (Å²) in [6, 6.07) is 12.6. The van der Waals surface area contributed by atoms with E-state index in [-0.39, 0.29) is 12.1 Å². The lowest BCUT2D eigenvalue weighted by Crippen LogP contribution is -2.29. The average Bonchev–Trinajstić information content (AvgIpc) is 2.26. The van der Waals surface area contributed by atoms with Gasteiger partial charge in [-0.25, -0.2) is 0 Å². The fourth-order valence-electron chi connectivity index (χ4n) is 1.39. The summed E-state index contributed by atoms with van der Waals surface area (Å²) in [5.74, 6) is 0. The first-order valence-electron chi connectivity index (χ1n) is 4.98. The van der Waals surface area contributed by atoms with E-state index in [0.29, 0.717) is 0 Å². The summed E-state index contributed by atoms with van der Waals surface area (Å²) in [5.41, 5.74) is 1.22. The largest absolute Gasteiger partial charge is 0.295 e. The van der Waals surface area contributed by atoms with Crippen molar-refractivity contribution in [3.05, 3.63) is 35.9 Å². The number of nitrogens with zero attached hydrogens (tertiary/aromatic N) is 1. The second-order valence-electron chi connectivity index (χ2n) is 3.39. The van der Waals surface area contributed by atoms with Crippen LogP contribution in [-0.4, -0.2) is 6.04 Å². The van der Waals surface area contributed by atoms with Crippen LogP contribution in [0.25, 0.3) is 0 Å². The van der Waals surface area contributed by atoms with Crippen LogP contribution < -0.4 is 5.32 Å². The third-order valence-electron chi connectivity index (χ3n) is 2.31. The van der Waals surface area contributed by atoms with Gasteiger partial charge in [-0.05, 0) is 18.9 Å². The van der Waals surface area contributed by atoms with Crippen molar-refractivity contribution in [2.75, 3.05) is 0 Å². The van der Waals surface area contributed by atoms with Gasteiger partial charge in [0, 0.05) is 6.04 Å². The number of nitriles is 1. The molecule has 2 heteroatoms. The van der Waals surface area contributed by atoms with Gasteiger partial charge in [0.15, 0.2) is 0 Å². The summed E-state index contributed by atoms with van der Waals surface area (Å²) in [4.78, 5) is 0. The first-order valence-corrected chi connectivity index (χ1v) is 4.98. The van der Waals surface area contributed by atoms with E-state index in [1.807, 2.05) is 25.1 Å². The van der Waals surface area contributed by atoms with E-state index >= 15 is 0 Å². The van der Waals surface area contributed by atoms with Crippen LogP contribution in [0.15, 0.2) is 30.3 Å². The number of hydrogen-bond donors (Lipinski definition) is 1. The second kappa shape index (κ2) is 5.41. The zero-order valence-electron chi connectivity index (χ0n) is 8.70. The number of rotatable bonds is 4. The van der Waals surface area contributed by atoms with Crippen LogP contribution >= 0.6 is 0 Å². The molecule has 0 radical (unpaired) electrons. The van der Waals surface area contributed by atoms with Crippen LogP contribution in [0, 0.1) is 11.3 Å². The number of hydrogen-bond acceptors (Lipinski definition) is 2. The van der Waals surface area contributed by atoms with Crippen LogP contribution in [0.1, 0.15) is 31.9 Å². The molecule has 0 aromatic heterocycles. The fraction of sp³-hybridized carbons (Fsp3) is 0.417. The normalized spacial score (nSPS) is 14.4. The zero-order valence-corrected chi connectivity index (χ0v) is 8.70. The van der Waals surface area contributed by atoms with Gasteiger partial charge in [0.05, 0.1) is 12.1 Å². The molecule has 1 unspecified atom stereocenters. The molecule has 2 nitrogen and oxygen atoms in total. The number of nitrogens with one attached hydrogen (secondary N) is 1. The van der Waals surface area contributed by atoms with E-state index < -0.39 is 0 Å². The fourth-order valence-corrected chi connectivity index (χ4v) is 1.39. The number of benzene rings is 1. The molecule has 0 heterocycles. The van der Waals surface area contributed by atoms with Crippen molar-refractivity contribution in [1.82, 2.24) is 5.32 Å². The van der Waals surface area contributed by atoms with E-state index in [2.05, 4.69) is 30.4 Å². The van der Waals surface area contributed by atoms with Gasteiger partial charge in [-0.2, -0.15) is 5.26 Å². The summed E-state index contributed by atoms with van der Waals surface area (Å²) in [6.45, 7) is 4.09. The monoisotopic (exact) mass is 188 g/mol. The molecular formula is C12H16N2. The van der Waals surface area contributed by atoms with Gasteiger partial charge in [-0.1, -0.05) is 37.3 Å². The van der Waals surface area contributed by atoms with Crippen molar-refractivity contribution in [1.29, 1.82) is 5.26 Å². The van der Waals surface area contributed by atoms with Gasteiger partial charge >= 0.3 is 0 Å². The highest BCUT2D eigenvalue weighted by atomic mass is 14.9. The topological polar surface area (TPSA) is 35.8 Å². The molecule has 0 spiro atoms. The lowest BCUT2D eigenvalue weighted by Gasteiger charge is -2.17. The highest BCUT2D eigenvalue weighted by Crippen LogP contribution is 2.12. The van der Waals surface area contributed by atoms with E-state index in [0.717, 1.165) is 6.42 Å². The van der Waals surface area contributed by atoms with Gasteiger partial charge in [-0.3, -0.25) is 5.32 Å². The molecule has 1 aromatic carbocycles. The molecule has 0 aliphatic heterocycles. The Morgan fingerprint density at radius 1 is 1.36 bits per heavy atom. The molecule has 14 heavy (non-hydrogen) atoms. The lowest BCUT2D eigenvalue weighted by atomic mass is 10.1. The standard InChI is InChI=1S/C12H16N2/c1-3-12(9-13)14-10(2)11-7-5-4-6-8-11/h4-8,10,12,14H,3H2,1-2H3/t10-,12?/m0/s1. The summed E-state index contributed by atoms with van der Waals surface area (Å²) in [6.07, 6.45) is 0.841. The molecule has 74 valence electrons. The third kappa shape index (κ3) is 2.86. The maximum Gasteiger partial charge on any atom is 0.0954 e. The van der Waals surface area contributed by atoms with Gasteiger partial charge in [0.25, 0.3) is 0 Å². The molecule has 1 rings (SSSR count). The van der Waals surface area contributed by atoms with E-state index in [1.165, 1.54) is 5.56 Å². The molecule has 1 N–H and O–H groups in total. The summed E-state index contributed by atoms with van der Waals surface area (Å²) >= 11 is 0. The Labute approximate surface area is 85.6 Å². The quantitative estimate of drug-likeness (QED) is 0.788. The van der Waals surface area contributed by atoms with Gasteiger partial charge in [0.1, 0.15) is 0 Å². The minimum Gasteiger partial charge on any atom is -0.295 e. The minimum atomic E-state index is -0.0507. The van der Waals surface area contributed by atoms with Gasteiger partial charge in [0.2, 0.25) is 0 Å². The Kier molecular flexibility index (Phi) is 4.15. The first-order chi connectivity index (χ1) is 6.77. The van der Waals surface area contributed by atoms with E-state index in [4.69, 9.17) is 5.26 Å². The van der Waals surface area contributed by atoms with Crippen LogP contribution in [0.5, 0.6) is 0 Å². The molecule has 0 saturated heterocycles. The minimum absolute atomic E-state index is 0.0507. The predicted octanol–water partition coefficient (Wildman–Crippen LogP) is 2.64. The van der Waals surface area contributed by atoms with Crippen LogP contribution in [0.4, 0.5) is 0 Å². The molecule has 0 fully saturated rings. The van der Waals surface area contributed by atoms with Crippen molar-refractivity contribution in [2.45, 2.75) is 32.4 Å². The highest BCUT2D eigenvalue weighted by molar-refractivity contribution is 5.18. The summed E-state index contributed by atoms with van der Waals surface area (Å²) < 4.78 is 0. The maximum atomic E-state index is 8.81. The second-order valence-corrected chi connectivity index (χ2v) is 3.39. The van der Waals surface area contributed by atoms with Crippen LogP contribution in [0.2, 0.25) is 0 Å². The molecule has 0 saturated carbocycles.